The molecule has 0 aromatic carbocycles. The second-order valence-corrected chi connectivity index (χ2v) is 4.01. The third-order valence-electron chi connectivity index (χ3n) is 2.95. The molecule has 0 aromatic heterocycles. The molecule has 2 heterocycles. The Labute approximate surface area is 93.6 Å². The van der Waals surface area contributed by atoms with Crippen molar-refractivity contribution in [3.63, 3.8) is 0 Å². The zero-order valence-corrected chi connectivity index (χ0v) is 8.92. The summed E-state index contributed by atoms with van der Waals surface area (Å²) in [7, 11) is 0. The number of halogens is 1. The van der Waals surface area contributed by atoms with E-state index in [-0.39, 0.29) is 0 Å². The second-order valence-electron chi connectivity index (χ2n) is 4.01. The molecule has 1 amide bonds. The second kappa shape index (κ2) is 4.55. The van der Waals surface area contributed by atoms with Crippen LogP contribution in [-0.4, -0.2) is 46.4 Å². The minimum atomic E-state index is -1.11. The summed E-state index contributed by atoms with van der Waals surface area (Å²) in [5.74, 6) is 0. The topological polar surface area (TPSA) is 43.8 Å². The average molecular weight is 226 g/mol. The summed E-state index contributed by atoms with van der Waals surface area (Å²) in [5, 5.41) is 9.05. The van der Waals surface area contributed by atoms with Crippen LogP contribution in [0.5, 0.6) is 0 Å². The monoisotopic (exact) mass is 226 g/mol. The van der Waals surface area contributed by atoms with Crippen LogP contribution in [0.25, 0.3) is 0 Å². The van der Waals surface area contributed by atoms with Gasteiger partial charge in [-0.3, -0.25) is 4.90 Å². The molecule has 16 heavy (non-hydrogen) atoms. The minimum absolute atomic E-state index is 0.411. The molecule has 4 nitrogen and oxygen atoms in total. The Morgan fingerprint density at radius 3 is 2.88 bits per heavy atom. The SMILES string of the molecule is O=C(O)N1CCCC(F)C1N1C=CC=CC1. The minimum Gasteiger partial charge on any atom is -0.465 e. The molecule has 5 heteroatoms. The first-order chi connectivity index (χ1) is 7.70. The maximum absolute atomic E-state index is 13.8. The summed E-state index contributed by atoms with van der Waals surface area (Å²) in [6.07, 6.45) is 5.51. The van der Waals surface area contributed by atoms with E-state index in [2.05, 4.69) is 0 Å². The van der Waals surface area contributed by atoms with Crippen molar-refractivity contribution >= 4 is 6.09 Å². The van der Waals surface area contributed by atoms with Gasteiger partial charge < -0.3 is 10.0 Å². The van der Waals surface area contributed by atoms with Crippen LogP contribution in [0.3, 0.4) is 0 Å². The van der Waals surface area contributed by atoms with Gasteiger partial charge in [0.25, 0.3) is 0 Å². The molecule has 2 unspecified atom stereocenters. The van der Waals surface area contributed by atoms with E-state index in [1.807, 2.05) is 12.2 Å². The van der Waals surface area contributed by atoms with Gasteiger partial charge in [0.15, 0.2) is 0 Å². The maximum Gasteiger partial charge on any atom is 0.409 e. The van der Waals surface area contributed by atoms with Crippen molar-refractivity contribution in [1.82, 2.24) is 9.80 Å². The predicted octanol–water partition coefficient (Wildman–Crippen LogP) is 1.81. The Balaban J connectivity index is 2.15. The molecule has 0 spiro atoms. The van der Waals surface area contributed by atoms with Gasteiger partial charge in [-0.05, 0) is 18.9 Å². The van der Waals surface area contributed by atoms with Crippen molar-refractivity contribution in [3.05, 3.63) is 24.4 Å². The lowest BCUT2D eigenvalue weighted by Crippen LogP contribution is -2.56. The zero-order chi connectivity index (χ0) is 11.5. The number of hydrogen-bond acceptors (Lipinski definition) is 2. The maximum atomic E-state index is 13.8. The normalized spacial score (nSPS) is 29.6. The van der Waals surface area contributed by atoms with Crippen molar-refractivity contribution in [2.24, 2.45) is 0 Å². The smallest absolute Gasteiger partial charge is 0.409 e. The standard InChI is InChI=1S/C11H15FN2O2/c12-9-5-4-8-14(11(15)16)10(9)13-6-2-1-3-7-13/h1-3,6,9-10H,4-5,7-8H2,(H,15,16). The van der Waals surface area contributed by atoms with Gasteiger partial charge in [-0.15, -0.1) is 0 Å². The first-order valence-electron chi connectivity index (χ1n) is 5.43. The highest BCUT2D eigenvalue weighted by molar-refractivity contribution is 5.65. The third kappa shape index (κ3) is 2.03. The quantitative estimate of drug-likeness (QED) is 0.741. The van der Waals surface area contributed by atoms with Gasteiger partial charge in [-0.1, -0.05) is 12.2 Å². The number of carbonyl (C=O) groups is 1. The van der Waals surface area contributed by atoms with Crippen molar-refractivity contribution < 1.29 is 14.3 Å². The van der Waals surface area contributed by atoms with E-state index in [0.717, 1.165) is 0 Å². The van der Waals surface area contributed by atoms with E-state index in [1.54, 1.807) is 17.2 Å². The fourth-order valence-electron chi connectivity index (χ4n) is 2.21. The molecule has 0 radical (unpaired) electrons. The third-order valence-corrected chi connectivity index (χ3v) is 2.95. The Hall–Kier alpha value is -1.52. The Kier molecular flexibility index (Phi) is 3.12. The predicted molar refractivity (Wildman–Crippen MR) is 57.6 cm³/mol. The number of carboxylic acid groups (broad SMARTS) is 1. The van der Waals surface area contributed by atoms with Crippen LogP contribution >= 0.6 is 0 Å². The highest BCUT2D eigenvalue weighted by Gasteiger charge is 2.37. The lowest BCUT2D eigenvalue weighted by atomic mass is 10.0. The van der Waals surface area contributed by atoms with E-state index < -0.39 is 18.4 Å². The van der Waals surface area contributed by atoms with Crippen LogP contribution in [0.4, 0.5) is 9.18 Å². The molecule has 2 atom stereocenters. The highest BCUT2D eigenvalue weighted by atomic mass is 19.1. The first-order valence-corrected chi connectivity index (χ1v) is 5.43. The van der Waals surface area contributed by atoms with Crippen molar-refractivity contribution in [2.75, 3.05) is 13.1 Å². The van der Waals surface area contributed by atoms with Crippen LogP contribution in [-0.2, 0) is 0 Å². The summed E-state index contributed by atoms with van der Waals surface area (Å²) in [4.78, 5) is 14.0. The van der Waals surface area contributed by atoms with Gasteiger partial charge in [-0.2, -0.15) is 0 Å². The lowest BCUT2D eigenvalue weighted by molar-refractivity contribution is -0.00454. The van der Waals surface area contributed by atoms with E-state index in [9.17, 15) is 9.18 Å². The van der Waals surface area contributed by atoms with Crippen LogP contribution < -0.4 is 0 Å². The lowest BCUT2D eigenvalue weighted by Gasteiger charge is -2.42. The van der Waals surface area contributed by atoms with Crippen LogP contribution in [0.15, 0.2) is 24.4 Å². The fourth-order valence-corrected chi connectivity index (χ4v) is 2.21. The molecule has 88 valence electrons. The van der Waals surface area contributed by atoms with Crippen LogP contribution in [0.1, 0.15) is 12.8 Å². The van der Waals surface area contributed by atoms with Gasteiger partial charge >= 0.3 is 6.09 Å². The number of piperidine rings is 1. The van der Waals surface area contributed by atoms with E-state index in [4.69, 9.17) is 5.11 Å². The number of allylic oxidation sites excluding steroid dienone is 2. The van der Waals surface area contributed by atoms with Gasteiger partial charge in [0.05, 0.1) is 0 Å². The number of nitrogens with zero attached hydrogens (tertiary/aromatic N) is 2. The number of hydrogen-bond donors (Lipinski definition) is 1. The van der Waals surface area contributed by atoms with E-state index >= 15 is 0 Å². The van der Waals surface area contributed by atoms with Crippen molar-refractivity contribution in [2.45, 2.75) is 25.2 Å². The number of alkyl halides is 1. The van der Waals surface area contributed by atoms with Gasteiger partial charge in [0, 0.05) is 19.3 Å². The molecule has 1 saturated heterocycles. The molecule has 1 fully saturated rings. The largest absolute Gasteiger partial charge is 0.465 e. The fraction of sp³-hybridized carbons (Fsp3) is 0.545. The summed E-state index contributed by atoms with van der Waals surface area (Å²) >= 11 is 0. The van der Waals surface area contributed by atoms with Gasteiger partial charge in [0.1, 0.15) is 12.3 Å². The van der Waals surface area contributed by atoms with Gasteiger partial charge in [-0.25, -0.2) is 9.18 Å². The summed E-state index contributed by atoms with van der Waals surface area (Å²) in [6.45, 7) is 0.972. The summed E-state index contributed by atoms with van der Waals surface area (Å²) in [6, 6.07) is 0. The summed E-state index contributed by atoms with van der Waals surface area (Å²) in [5.41, 5.74) is 0. The molecule has 0 saturated carbocycles. The number of amides is 1. The Morgan fingerprint density at radius 1 is 1.44 bits per heavy atom. The molecule has 2 aliphatic rings. The molecule has 0 aliphatic carbocycles. The van der Waals surface area contributed by atoms with E-state index in [0.29, 0.717) is 25.9 Å². The number of likely N-dealkylation sites (tertiary alicyclic amines) is 1. The van der Waals surface area contributed by atoms with E-state index in [1.165, 1.54) is 4.90 Å². The first kappa shape index (κ1) is 11.0. The Morgan fingerprint density at radius 2 is 2.25 bits per heavy atom. The van der Waals surface area contributed by atoms with Crippen LogP contribution in [0.2, 0.25) is 0 Å². The molecule has 0 bridgehead atoms. The zero-order valence-electron chi connectivity index (χ0n) is 8.92. The Bertz CT molecular complexity index is 330. The van der Waals surface area contributed by atoms with Crippen molar-refractivity contribution in [3.8, 4) is 0 Å². The van der Waals surface area contributed by atoms with Crippen molar-refractivity contribution in [1.29, 1.82) is 0 Å². The van der Waals surface area contributed by atoms with Crippen LogP contribution in [0, 0.1) is 0 Å². The average Bonchev–Trinajstić information content (AvgIpc) is 2.29. The van der Waals surface area contributed by atoms with Gasteiger partial charge in [0.2, 0.25) is 0 Å². The number of rotatable bonds is 1. The summed E-state index contributed by atoms with van der Waals surface area (Å²) < 4.78 is 13.8. The molecule has 0 aromatic rings. The molecular formula is C11H15FN2O2. The molecule has 1 N–H and O–H groups in total. The highest BCUT2D eigenvalue weighted by Crippen LogP contribution is 2.24. The molecular weight excluding hydrogens is 211 g/mol. The molecule has 2 rings (SSSR count). The molecule has 2 aliphatic heterocycles.